The zero-order chi connectivity index (χ0) is 16.7. The predicted molar refractivity (Wildman–Crippen MR) is 90.7 cm³/mol. The molecule has 122 valence electrons. The maximum absolute atomic E-state index is 12.0. The van der Waals surface area contributed by atoms with Gasteiger partial charge in [-0.15, -0.1) is 0 Å². The van der Waals surface area contributed by atoms with Gasteiger partial charge < -0.3 is 15.1 Å². The largest absolute Gasteiger partial charge is 0.355 e. The van der Waals surface area contributed by atoms with Crippen LogP contribution in [0.25, 0.3) is 0 Å². The first-order chi connectivity index (χ1) is 10.3. The molecule has 0 heterocycles. The quantitative estimate of drug-likeness (QED) is 0.772. The maximum atomic E-state index is 12.0. The number of rotatable bonds is 7. The normalized spacial score (nSPS) is 10.6. The molecule has 7 heteroatoms. The lowest BCUT2D eigenvalue weighted by Crippen LogP contribution is -2.40. The first kappa shape index (κ1) is 18.7. The SMILES string of the molecule is CC(=O)N(CC(=O)NCCCN(C)C)c1ccc(Cl)cc1Cl. The van der Waals surface area contributed by atoms with Gasteiger partial charge >= 0.3 is 0 Å². The zero-order valence-corrected chi connectivity index (χ0v) is 14.5. The van der Waals surface area contributed by atoms with Gasteiger partial charge in [-0.3, -0.25) is 9.59 Å². The predicted octanol–water partition coefficient (Wildman–Crippen LogP) is 2.41. The Bertz CT molecular complexity index is 536. The van der Waals surface area contributed by atoms with E-state index in [1.165, 1.54) is 11.8 Å². The molecule has 0 fully saturated rings. The summed E-state index contributed by atoms with van der Waals surface area (Å²) in [5.41, 5.74) is 0.474. The highest BCUT2D eigenvalue weighted by molar-refractivity contribution is 6.36. The molecule has 0 bridgehead atoms. The Labute approximate surface area is 141 Å². The fraction of sp³-hybridized carbons (Fsp3) is 0.467. The summed E-state index contributed by atoms with van der Waals surface area (Å²) < 4.78 is 0. The lowest BCUT2D eigenvalue weighted by molar-refractivity contribution is -0.123. The van der Waals surface area contributed by atoms with E-state index in [0.717, 1.165) is 13.0 Å². The van der Waals surface area contributed by atoms with E-state index < -0.39 is 0 Å². The highest BCUT2D eigenvalue weighted by atomic mass is 35.5. The van der Waals surface area contributed by atoms with Crippen LogP contribution in [0.4, 0.5) is 5.69 Å². The molecule has 5 nitrogen and oxygen atoms in total. The van der Waals surface area contributed by atoms with Crippen LogP contribution < -0.4 is 10.2 Å². The maximum Gasteiger partial charge on any atom is 0.240 e. The Morgan fingerprint density at radius 1 is 1.23 bits per heavy atom. The molecular formula is C15H21Cl2N3O2. The topological polar surface area (TPSA) is 52.7 Å². The minimum absolute atomic E-state index is 0.0708. The molecule has 0 radical (unpaired) electrons. The number of carbonyl (C=O) groups is 2. The number of nitrogens with one attached hydrogen (secondary N) is 1. The lowest BCUT2D eigenvalue weighted by atomic mass is 10.2. The second kappa shape index (κ2) is 8.98. The molecule has 0 aliphatic heterocycles. The van der Waals surface area contributed by atoms with Crippen LogP contribution in [0.15, 0.2) is 18.2 Å². The molecule has 1 N–H and O–H groups in total. The minimum Gasteiger partial charge on any atom is -0.355 e. The van der Waals surface area contributed by atoms with E-state index in [4.69, 9.17) is 23.2 Å². The Hall–Kier alpha value is -1.30. The van der Waals surface area contributed by atoms with E-state index in [1.807, 2.05) is 19.0 Å². The van der Waals surface area contributed by atoms with E-state index >= 15 is 0 Å². The highest BCUT2D eigenvalue weighted by Crippen LogP contribution is 2.28. The number of carbonyl (C=O) groups excluding carboxylic acids is 2. The van der Waals surface area contributed by atoms with Crippen molar-refractivity contribution >= 4 is 40.7 Å². The van der Waals surface area contributed by atoms with Crippen LogP contribution in [-0.2, 0) is 9.59 Å². The monoisotopic (exact) mass is 345 g/mol. The number of nitrogens with zero attached hydrogens (tertiary/aromatic N) is 2. The van der Waals surface area contributed by atoms with Crippen molar-refractivity contribution in [1.82, 2.24) is 10.2 Å². The average molecular weight is 346 g/mol. The molecular weight excluding hydrogens is 325 g/mol. The number of halogens is 2. The summed E-state index contributed by atoms with van der Waals surface area (Å²) in [6.45, 7) is 2.78. The molecule has 0 atom stereocenters. The first-order valence-electron chi connectivity index (χ1n) is 6.96. The number of amides is 2. The van der Waals surface area contributed by atoms with Crippen molar-refractivity contribution in [2.45, 2.75) is 13.3 Å². The molecule has 0 saturated carbocycles. The third-order valence-electron chi connectivity index (χ3n) is 2.99. The number of benzene rings is 1. The summed E-state index contributed by atoms with van der Waals surface area (Å²) in [4.78, 5) is 27.1. The molecule has 0 aliphatic carbocycles. The van der Waals surface area contributed by atoms with Crippen molar-refractivity contribution in [3.05, 3.63) is 28.2 Å². The van der Waals surface area contributed by atoms with Gasteiger partial charge in [0.05, 0.1) is 10.7 Å². The van der Waals surface area contributed by atoms with Crippen molar-refractivity contribution in [1.29, 1.82) is 0 Å². The summed E-state index contributed by atoms with van der Waals surface area (Å²) in [6.07, 6.45) is 0.848. The smallest absolute Gasteiger partial charge is 0.240 e. The average Bonchev–Trinajstić information content (AvgIpc) is 2.41. The number of anilines is 1. The van der Waals surface area contributed by atoms with E-state index in [-0.39, 0.29) is 18.4 Å². The summed E-state index contributed by atoms with van der Waals surface area (Å²) in [6, 6.07) is 4.81. The van der Waals surface area contributed by atoms with E-state index in [0.29, 0.717) is 22.3 Å². The molecule has 0 unspecified atom stereocenters. The van der Waals surface area contributed by atoms with Gasteiger partial charge in [-0.1, -0.05) is 23.2 Å². The molecule has 0 aliphatic rings. The molecule has 22 heavy (non-hydrogen) atoms. The Morgan fingerprint density at radius 3 is 2.45 bits per heavy atom. The van der Waals surface area contributed by atoms with Gasteiger partial charge in [-0.05, 0) is 45.3 Å². The summed E-state index contributed by atoms with van der Waals surface area (Å²) in [5.74, 6) is -0.479. The fourth-order valence-corrected chi connectivity index (χ4v) is 2.40. The summed E-state index contributed by atoms with van der Waals surface area (Å²) in [5, 5.41) is 3.61. The molecule has 1 rings (SSSR count). The number of hydrogen-bond acceptors (Lipinski definition) is 3. The van der Waals surface area contributed by atoms with Crippen LogP contribution in [0.5, 0.6) is 0 Å². The molecule has 0 spiro atoms. The van der Waals surface area contributed by atoms with Crippen molar-refractivity contribution in [3.8, 4) is 0 Å². The van der Waals surface area contributed by atoms with Crippen molar-refractivity contribution in [2.24, 2.45) is 0 Å². The number of hydrogen-bond donors (Lipinski definition) is 1. The van der Waals surface area contributed by atoms with E-state index in [9.17, 15) is 9.59 Å². The molecule has 1 aromatic rings. The van der Waals surface area contributed by atoms with Gasteiger partial charge in [-0.25, -0.2) is 0 Å². The second-order valence-electron chi connectivity index (χ2n) is 5.21. The van der Waals surface area contributed by atoms with Crippen LogP contribution in [0.3, 0.4) is 0 Å². The van der Waals surface area contributed by atoms with Gasteiger partial charge in [0.15, 0.2) is 0 Å². The summed E-state index contributed by atoms with van der Waals surface area (Å²) >= 11 is 11.9. The highest BCUT2D eigenvalue weighted by Gasteiger charge is 2.18. The Morgan fingerprint density at radius 2 is 1.91 bits per heavy atom. The van der Waals surface area contributed by atoms with Crippen molar-refractivity contribution in [2.75, 3.05) is 38.6 Å². The molecule has 0 aromatic heterocycles. The van der Waals surface area contributed by atoms with Crippen LogP contribution in [-0.4, -0.2) is 50.4 Å². The van der Waals surface area contributed by atoms with Gasteiger partial charge in [0.25, 0.3) is 0 Å². The van der Waals surface area contributed by atoms with Crippen LogP contribution in [0.1, 0.15) is 13.3 Å². The lowest BCUT2D eigenvalue weighted by Gasteiger charge is -2.22. The third-order valence-corrected chi connectivity index (χ3v) is 3.52. The summed E-state index contributed by atoms with van der Waals surface area (Å²) in [7, 11) is 3.95. The minimum atomic E-state index is -0.257. The van der Waals surface area contributed by atoms with Crippen LogP contribution in [0.2, 0.25) is 10.0 Å². The van der Waals surface area contributed by atoms with Gasteiger partial charge in [-0.2, -0.15) is 0 Å². The Kier molecular flexibility index (Phi) is 7.65. The fourth-order valence-electron chi connectivity index (χ4n) is 1.89. The van der Waals surface area contributed by atoms with Gasteiger partial charge in [0, 0.05) is 18.5 Å². The molecule has 1 aromatic carbocycles. The molecule has 2 amide bonds. The van der Waals surface area contributed by atoms with Gasteiger partial charge in [0.2, 0.25) is 11.8 Å². The van der Waals surface area contributed by atoms with Crippen molar-refractivity contribution in [3.63, 3.8) is 0 Å². The van der Waals surface area contributed by atoms with Crippen LogP contribution >= 0.6 is 23.2 Å². The van der Waals surface area contributed by atoms with Crippen molar-refractivity contribution < 1.29 is 9.59 Å². The Balaban J connectivity index is 2.65. The van der Waals surface area contributed by atoms with E-state index in [1.54, 1.807) is 18.2 Å². The van der Waals surface area contributed by atoms with E-state index in [2.05, 4.69) is 5.32 Å². The van der Waals surface area contributed by atoms with Gasteiger partial charge in [0.1, 0.15) is 6.54 Å². The van der Waals surface area contributed by atoms with Crippen LogP contribution in [0, 0.1) is 0 Å². The first-order valence-corrected chi connectivity index (χ1v) is 7.71. The second-order valence-corrected chi connectivity index (χ2v) is 6.05. The standard InChI is InChI=1S/C15H21Cl2N3O2/c1-11(21)20(14-6-5-12(16)9-13(14)17)10-15(22)18-7-4-8-19(2)3/h5-6,9H,4,7-8,10H2,1-3H3,(H,18,22). The zero-order valence-electron chi connectivity index (χ0n) is 13.0. The third kappa shape index (κ3) is 6.22. The molecule has 0 saturated heterocycles.